The van der Waals surface area contributed by atoms with Crippen LogP contribution in [0.4, 0.5) is 10.5 Å². The number of primary amides is 1. The van der Waals surface area contributed by atoms with E-state index < -0.39 is 16.1 Å². The predicted octanol–water partition coefficient (Wildman–Crippen LogP) is 0.767. The standard InChI is InChI=1S/C13H22N4O3S/c1-10(15-8-3-9-16-21(2,19)20)11-4-6-12(7-5-11)17-13(14)18/h4-7,10,15-16H,3,8-9H2,1-2H3,(H3,14,17,18). The first-order valence-electron chi connectivity index (χ1n) is 6.62. The molecule has 1 aromatic rings. The minimum Gasteiger partial charge on any atom is -0.351 e. The van der Waals surface area contributed by atoms with E-state index >= 15 is 0 Å². The summed E-state index contributed by atoms with van der Waals surface area (Å²) in [5.74, 6) is 0. The first-order valence-corrected chi connectivity index (χ1v) is 8.51. The zero-order valence-electron chi connectivity index (χ0n) is 12.2. The van der Waals surface area contributed by atoms with Crippen molar-refractivity contribution >= 4 is 21.7 Å². The fourth-order valence-electron chi connectivity index (χ4n) is 1.78. The molecule has 0 saturated heterocycles. The predicted molar refractivity (Wildman–Crippen MR) is 83.5 cm³/mol. The molecule has 1 unspecified atom stereocenters. The molecule has 1 atom stereocenters. The van der Waals surface area contributed by atoms with Gasteiger partial charge in [0, 0.05) is 18.3 Å². The molecule has 1 rings (SSSR count). The number of carbonyl (C=O) groups is 1. The Morgan fingerprint density at radius 1 is 1.24 bits per heavy atom. The number of carbonyl (C=O) groups excluding carboxylic acids is 1. The number of hydrogen-bond donors (Lipinski definition) is 4. The van der Waals surface area contributed by atoms with Crippen molar-refractivity contribution in [2.75, 3.05) is 24.7 Å². The van der Waals surface area contributed by atoms with E-state index in [1.54, 1.807) is 12.1 Å². The maximum atomic E-state index is 10.9. The van der Waals surface area contributed by atoms with E-state index in [4.69, 9.17) is 5.73 Å². The van der Waals surface area contributed by atoms with Crippen molar-refractivity contribution in [3.05, 3.63) is 29.8 Å². The van der Waals surface area contributed by atoms with Gasteiger partial charge in [0.15, 0.2) is 0 Å². The number of anilines is 1. The van der Waals surface area contributed by atoms with Crippen molar-refractivity contribution < 1.29 is 13.2 Å². The second-order valence-corrected chi connectivity index (χ2v) is 6.64. The SMILES string of the molecule is CC(NCCCNS(C)(=O)=O)c1ccc(NC(N)=O)cc1. The van der Waals surface area contributed by atoms with Crippen LogP contribution in [0.2, 0.25) is 0 Å². The van der Waals surface area contributed by atoms with E-state index in [1.807, 2.05) is 19.1 Å². The normalized spacial score (nSPS) is 12.9. The van der Waals surface area contributed by atoms with E-state index in [1.165, 1.54) is 0 Å². The smallest absolute Gasteiger partial charge is 0.316 e. The lowest BCUT2D eigenvalue weighted by Crippen LogP contribution is -2.27. The van der Waals surface area contributed by atoms with E-state index in [-0.39, 0.29) is 6.04 Å². The molecule has 5 N–H and O–H groups in total. The largest absolute Gasteiger partial charge is 0.351 e. The van der Waals surface area contributed by atoms with Crippen molar-refractivity contribution in [1.82, 2.24) is 10.0 Å². The Labute approximate surface area is 125 Å². The number of amides is 2. The van der Waals surface area contributed by atoms with Crippen LogP contribution in [-0.4, -0.2) is 33.8 Å². The second-order valence-electron chi connectivity index (χ2n) is 4.81. The van der Waals surface area contributed by atoms with Crippen LogP contribution in [0.3, 0.4) is 0 Å². The molecule has 0 bridgehead atoms. The molecule has 0 spiro atoms. The summed E-state index contributed by atoms with van der Waals surface area (Å²) in [6.45, 7) is 3.13. The van der Waals surface area contributed by atoms with E-state index in [0.29, 0.717) is 25.2 Å². The van der Waals surface area contributed by atoms with Crippen LogP contribution in [0.25, 0.3) is 0 Å². The van der Waals surface area contributed by atoms with Crippen molar-refractivity contribution in [2.45, 2.75) is 19.4 Å². The first kappa shape index (κ1) is 17.4. The molecule has 8 heteroatoms. The van der Waals surface area contributed by atoms with Crippen molar-refractivity contribution in [1.29, 1.82) is 0 Å². The Balaban J connectivity index is 2.35. The molecule has 0 radical (unpaired) electrons. The fourth-order valence-corrected chi connectivity index (χ4v) is 2.29. The Kier molecular flexibility index (Phi) is 6.60. The zero-order chi connectivity index (χ0) is 15.9. The number of urea groups is 1. The lowest BCUT2D eigenvalue weighted by atomic mass is 10.1. The number of rotatable bonds is 8. The van der Waals surface area contributed by atoms with Crippen molar-refractivity contribution in [3.63, 3.8) is 0 Å². The summed E-state index contributed by atoms with van der Waals surface area (Å²) in [7, 11) is -3.11. The molecule has 2 amide bonds. The monoisotopic (exact) mass is 314 g/mol. The van der Waals surface area contributed by atoms with Crippen LogP contribution in [0.1, 0.15) is 24.9 Å². The van der Waals surface area contributed by atoms with Gasteiger partial charge in [0.1, 0.15) is 0 Å². The highest BCUT2D eigenvalue weighted by Gasteiger charge is 2.05. The van der Waals surface area contributed by atoms with Gasteiger partial charge < -0.3 is 16.4 Å². The fraction of sp³-hybridized carbons (Fsp3) is 0.462. The van der Waals surface area contributed by atoms with Gasteiger partial charge in [-0.2, -0.15) is 0 Å². The highest BCUT2D eigenvalue weighted by molar-refractivity contribution is 7.88. The zero-order valence-corrected chi connectivity index (χ0v) is 13.0. The van der Waals surface area contributed by atoms with Gasteiger partial charge in [-0.3, -0.25) is 0 Å². The average molecular weight is 314 g/mol. The maximum Gasteiger partial charge on any atom is 0.316 e. The van der Waals surface area contributed by atoms with Crippen LogP contribution < -0.4 is 21.1 Å². The van der Waals surface area contributed by atoms with Crippen LogP contribution in [-0.2, 0) is 10.0 Å². The number of sulfonamides is 1. The minimum absolute atomic E-state index is 0.130. The van der Waals surface area contributed by atoms with E-state index in [0.717, 1.165) is 11.8 Å². The highest BCUT2D eigenvalue weighted by Crippen LogP contribution is 2.15. The average Bonchev–Trinajstić information content (AvgIpc) is 2.37. The van der Waals surface area contributed by atoms with Crippen LogP contribution in [0.5, 0.6) is 0 Å². The quantitative estimate of drug-likeness (QED) is 0.531. The minimum atomic E-state index is -3.11. The molecular formula is C13H22N4O3S. The van der Waals surface area contributed by atoms with Gasteiger partial charge in [0.2, 0.25) is 10.0 Å². The topological polar surface area (TPSA) is 113 Å². The van der Waals surface area contributed by atoms with Crippen LogP contribution >= 0.6 is 0 Å². The summed E-state index contributed by atoms with van der Waals surface area (Å²) in [6, 6.07) is 6.90. The molecular weight excluding hydrogens is 292 g/mol. The molecule has 1 aromatic carbocycles. The third-order valence-electron chi connectivity index (χ3n) is 2.85. The Hall–Kier alpha value is -1.64. The molecule has 0 fully saturated rings. The van der Waals surface area contributed by atoms with Gasteiger partial charge >= 0.3 is 6.03 Å². The Bertz CT molecular complexity index is 557. The number of nitrogens with one attached hydrogen (secondary N) is 3. The molecule has 21 heavy (non-hydrogen) atoms. The number of hydrogen-bond acceptors (Lipinski definition) is 4. The van der Waals surface area contributed by atoms with E-state index in [2.05, 4.69) is 15.4 Å². The summed E-state index contributed by atoms with van der Waals surface area (Å²) < 4.78 is 24.2. The highest BCUT2D eigenvalue weighted by atomic mass is 32.2. The van der Waals surface area contributed by atoms with Crippen molar-refractivity contribution in [3.8, 4) is 0 Å². The van der Waals surface area contributed by atoms with Gasteiger partial charge in [-0.25, -0.2) is 17.9 Å². The number of benzene rings is 1. The summed E-state index contributed by atoms with van der Waals surface area (Å²) in [5.41, 5.74) is 6.76. The maximum absolute atomic E-state index is 10.9. The summed E-state index contributed by atoms with van der Waals surface area (Å²) >= 11 is 0. The molecule has 0 aliphatic rings. The van der Waals surface area contributed by atoms with Crippen molar-refractivity contribution in [2.24, 2.45) is 5.73 Å². The third-order valence-corrected chi connectivity index (χ3v) is 3.58. The molecule has 0 saturated carbocycles. The van der Waals surface area contributed by atoms with Gasteiger partial charge in [-0.1, -0.05) is 12.1 Å². The molecule has 0 aliphatic heterocycles. The molecule has 0 aromatic heterocycles. The molecule has 0 heterocycles. The molecule has 118 valence electrons. The third kappa shape index (κ3) is 7.64. The van der Waals surface area contributed by atoms with Gasteiger partial charge in [-0.15, -0.1) is 0 Å². The second kappa shape index (κ2) is 7.96. The first-order chi connectivity index (χ1) is 9.78. The van der Waals surface area contributed by atoms with Gasteiger partial charge in [0.05, 0.1) is 6.26 Å². The Morgan fingerprint density at radius 2 is 1.86 bits per heavy atom. The Morgan fingerprint density at radius 3 is 2.38 bits per heavy atom. The lowest BCUT2D eigenvalue weighted by molar-refractivity contribution is 0.259. The molecule has 7 nitrogen and oxygen atoms in total. The van der Waals surface area contributed by atoms with Crippen LogP contribution in [0.15, 0.2) is 24.3 Å². The summed E-state index contributed by atoms with van der Waals surface area (Å²) in [6.07, 6.45) is 1.85. The lowest BCUT2D eigenvalue weighted by Gasteiger charge is -2.15. The van der Waals surface area contributed by atoms with Gasteiger partial charge in [-0.05, 0) is 37.6 Å². The van der Waals surface area contributed by atoms with E-state index in [9.17, 15) is 13.2 Å². The number of nitrogens with two attached hydrogens (primary N) is 1. The van der Waals surface area contributed by atoms with Crippen LogP contribution in [0, 0.1) is 0 Å². The summed E-state index contributed by atoms with van der Waals surface area (Å²) in [4.78, 5) is 10.7. The van der Waals surface area contributed by atoms with Gasteiger partial charge in [0.25, 0.3) is 0 Å². The summed E-state index contributed by atoms with van der Waals surface area (Å²) in [5, 5.41) is 5.80. The molecule has 0 aliphatic carbocycles.